The molecule has 29 heavy (non-hydrogen) atoms. The van der Waals surface area contributed by atoms with E-state index in [9.17, 15) is 20.2 Å². The number of benzene rings is 1. The fourth-order valence-electron chi connectivity index (χ4n) is 2.28. The summed E-state index contributed by atoms with van der Waals surface area (Å²) in [7, 11) is 0. The molecule has 0 atom stereocenters. The van der Waals surface area contributed by atoms with Crippen molar-refractivity contribution in [1.29, 1.82) is 5.26 Å². The molecule has 0 radical (unpaired) electrons. The van der Waals surface area contributed by atoms with Gasteiger partial charge >= 0.3 is 0 Å². The summed E-state index contributed by atoms with van der Waals surface area (Å²) in [6.45, 7) is 0.180. The summed E-state index contributed by atoms with van der Waals surface area (Å²) in [5, 5.41) is 22.5. The predicted molar refractivity (Wildman–Crippen MR) is 102 cm³/mol. The van der Waals surface area contributed by atoms with Gasteiger partial charge in [-0.2, -0.15) is 5.26 Å². The molecule has 9 heteroatoms. The molecule has 0 aliphatic carbocycles. The minimum absolute atomic E-state index is 0.0535. The second-order valence-corrected chi connectivity index (χ2v) is 5.71. The molecule has 1 aromatic carbocycles. The molecule has 0 saturated heterocycles. The van der Waals surface area contributed by atoms with E-state index in [-0.39, 0.29) is 23.7 Å². The highest BCUT2D eigenvalue weighted by Gasteiger charge is 2.10. The first-order valence-corrected chi connectivity index (χ1v) is 8.36. The van der Waals surface area contributed by atoms with E-state index >= 15 is 0 Å². The van der Waals surface area contributed by atoms with Crippen LogP contribution in [-0.4, -0.2) is 15.8 Å². The molecule has 0 aliphatic rings. The lowest BCUT2D eigenvalue weighted by molar-refractivity contribution is -0.385. The van der Waals surface area contributed by atoms with E-state index in [1.54, 1.807) is 36.4 Å². The quantitative estimate of drug-likeness (QED) is 0.282. The molecular weight excluding hydrogens is 376 g/mol. The van der Waals surface area contributed by atoms with Crippen LogP contribution in [0.15, 0.2) is 71.0 Å². The Labute approximate surface area is 165 Å². The third-order valence-electron chi connectivity index (χ3n) is 3.71. The predicted octanol–water partition coefficient (Wildman–Crippen LogP) is 3.60. The van der Waals surface area contributed by atoms with Crippen molar-refractivity contribution in [1.82, 2.24) is 10.3 Å². The van der Waals surface area contributed by atoms with Crippen molar-refractivity contribution in [3.8, 4) is 17.7 Å². The fraction of sp³-hybridized carbons (Fsp3) is 0.0500. The number of nitrogens with zero attached hydrogens (tertiary/aromatic N) is 3. The molecule has 0 saturated carbocycles. The maximum absolute atomic E-state index is 12.1. The van der Waals surface area contributed by atoms with Crippen LogP contribution in [0, 0.1) is 21.4 Å². The van der Waals surface area contributed by atoms with Gasteiger partial charge in [0.05, 0.1) is 17.7 Å². The van der Waals surface area contributed by atoms with Gasteiger partial charge in [0, 0.05) is 12.1 Å². The Kier molecular flexibility index (Phi) is 5.97. The van der Waals surface area contributed by atoms with Crippen molar-refractivity contribution in [3.05, 3.63) is 88.0 Å². The summed E-state index contributed by atoms with van der Waals surface area (Å²) in [4.78, 5) is 26.1. The molecule has 0 aliphatic heterocycles. The number of ether oxygens (including phenoxy) is 1. The molecule has 0 fully saturated rings. The smallest absolute Gasteiger partial charge is 0.287 e. The van der Waals surface area contributed by atoms with E-state index in [0.29, 0.717) is 17.1 Å². The number of pyridine rings is 1. The van der Waals surface area contributed by atoms with Gasteiger partial charge in [-0.1, -0.05) is 12.1 Å². The third-order valence-corrected chi connectivity index (χ3v) is 3.71. The zero-order valence-corrected chi connectivity index (χ0v) is 14.9. The van der Waals surface area contributed by atoms with Gasteiger partial charge in [0.15, 0.2) is 0 Å². The van der Waals surface area contributed by atoms with Gasteiger partial charge in [0.1, 0.15) is 29.3 Å². The first-order valence-electron chi connectivity index (χ1n) is 8.36. The van der Waals surface area contributed by atoms with Gasteiger partial charge in [0.2, 0.25) is 5.88 Å². The first-order chi connectivity index (χ1) is 14.0. The number of hydrogen-bond donors (Lipinski definition) is 1. The zero-order valence-electron chi connectivity index (χ0n) is 14.9. The maximum Gasteiger partial charge on any atom is 0.287 e. The normalized spacial score (nSPS) is 10.8. The van der Waals surface area contributed by atoms with Gasteiger partial charge in [-0.3, -0.25) is 14.9 Å². The highest BCUT2D eigenvalue weighted by Crippen LogP contribution is 2.22. The number of aromatic nitrogens is 1. The fourth-order valence-corrected chi connectivity index (χ4v) is 2.28. The van der Waals surface area contributed by atoms with E-state index in [1.807, 2.05) is 6.07 Å². The molecule has 0 unspecified atom stereocenters. The van der Waals surface area contributed by atoms with Gasteiger partial charge in [0.25, 0.3) is 11.6 Å². The number of hydrogen-bond acceptors (Lipinski definition) is 7. The van der Waals surface area contributed by atoms with Gasteiger partial charge in [-0.15, -0.1) is 0 Å². The lowest BCUT2D eigenvalue weighted by atomic mass is 10.1. The lowest BCUT2D eigenvalue weighted by Crippen LogP contribution is -2.23. The highest BCUT2D eigenvalue weighted by atomic mass is 16.6. The summed E-state index contributed by atoms with van der Waals surface area (Å²) in [5.41, 5.74) is 0.438. The van der Waals surface area contributed by atoms with Gasteiger partial charge in [-0.25, -0.2) is 4.98 Å². The second kappa shape index (κ2) is 8.96. The molecule has 3 aromatic rings. The lowest BCUT2D eigenvalue weighted by Gasteiger charge is -2.05. The number of carbonyl (C=O) groups is 1. The average Bonchev–Trinajstić information content (AvgIpc) is 3.25. The van der Waals surface area contributed by atoms with E-state index in [0.717, 1.165) is 6.20 Å². The van der Waals surface area contributed by atoms with Crippen molar-refractivity contribution in [2.75, 3.05) is 0 Å². The Bertz CT molecular complexity index is 1070. The number of nitro groups is 1. The van der Waals surface area contributed by atoms with Crippen molar-refractivity contribution in [2.24, 2.45) is 0 Å². The van der Waals surface area contributed by atoms with Crippen LogP contribution >= 0.6 is 0 Å². The number of amides is 1. The number of furan rings is 1. The van der Waals surface area contributed by atoms with Crippen LogP contribution < -0.4 is 10.1 Å². The Morgan fingerprint density at radius 1 is 1.28 bits per heavy atom. The van der Waals surface area contributed by atoms with E-state index in [4.69, 9.17) is 9.15 Å². The molecule has 2 heterocycles. The highest BCUT2D eigenvalue weighted by molar-refractivity contribution is 6.01. The molecule has 1 amide bonds. The van der Waals surface area contributed by atoms with Crippen LogP contribution in [0.25, 0.3) is 6.08 Å². The molecule has 9 nitrogen and oxygen atoms in total. The third kappa shape index (κ3) is 5.27. The Morgan fingerprint density at radius 3 is 2.66 bits per heavy atom. The number of carbonyl (C=O) groups excluding carboxylic acids is 1. The monoisotopic (exact) mass is 390 g/mol. The van der Waals surface area contributed by atoms with Crippen LogP contribution in [-0.2, 0) is 11.3 Å². The molecule has 144 valence electrons. The minimum Gasteiger partial charge on any atom is -0.467 e. The van der Waals surface area contributed by atoms with Crippen molar-refractivity contribution in [2.45, 2.75) is 6.54 Å². The summed E-state index contributed by atoms with van der Waals surface area (Å²) in [6.07, 6.45) is 4.05. The molecule has 0 bridgehead atoms. The second-order valence-electron chi connectivity index (χ2n) is 5.71. The Hall–Kier alpha value is -4.45. The average molecular weight is 390 g/mol. The van der Waals surface area contributed by atoms with Crippen LogP contribution in [0.3, 0.4) is 0 Å². The number of rotatable bonds is 7. The molecule has 1 N–H and O–H groups in total. The Morgan fingerprint density at radius 2 is 2.07 bits per heavy atom. The van der Waals surface area contributed by atoms with Crippen LogP contribution in [0.2, 0.25) is 0 Å². The van der Waals surface area contributed by atoms with Crippen molar-refractivity contribution in [3.63, 3.8) is 0 Å². The van der Waals surface area contributed by atoms with Crippen molar-refractivity contribution >= 4 is 17.7 Å². The Balaban J connectivity index is 1.64. The summed E-state index contributed by atoms with van der Waals surface area (Å²) < 4.78 is 10.6. The van der Waals surface area contributed by atoms with Crippen molar-refractivity contribution < 1.29 is 18.9 Å². The van der Waals surface area contributed by atoms with E-state index in [2.05, 4.69) is 10.3 Å². The number of nitriles is 1. The summed E-state index contributed by atoms with van der Waals surface area (Å²) >= 11 is 0. The van der Waals surface area contributed by atoms with Crippen LogP contribution in [0.1, 0.15) is 11.3 Å². The molecule has 3 rings (SSSR count). The first kappa shape index (κ1) is 19.3. The minimum atomic E-state index is -0.546. The maximum atomic E-state index is 12.1. The standard InChI is InChI=1S/C20H14N4O5/c21-11-15(20(25)23-13-18-2-1-9-28-18)10-14-3-6-17(7-4-14)29-19-8-5-16(12-22-19)24(26)27/h1-10,12H,13H2,(H,23,25). The molecule has 0 spiro atoms. The van der Waals surface area contributed by atoms with Crippen LogP contribution in [0.5, 0.6) is 11.6 Å². The largest absolute Gasteiger partial charge is 0.467 e. The summed E-state index contributed by atoms with van der Waals surface area (Å²) in [6, 6.07) is 14.6. The molecular formula is C20H14N4O5. The topological polar surface area (TPSA) is 131 Å². The van der Waals surface area contributed by atoms with E-state index < -0.39 is 10.8 Å². The van der Waals surface area contributed by atoms with Crippen LogP contribution in [0.4, 0.5) is 5.69 Å². The molecule has 2 aromatic heterocycles. The van der Waals surface area contributed by atoms with E-state index in [1.165, 1.54) is 24.5 Å². The number of nitrogens with one attached hydrogen (secondary N) is 1. The zero-order chi connectivity index (χ0) is 20.6. The summed E-state index contributed by atoms with van der Waals surface area (Å²) in [5.74, 6) is 0.717. The van der Waals surface area contributed by atoms with Gasteiger partial charge < -0.3 is 14.5 Å². The van der Waals surface area contributed by atoms with Gasteiger partial charge in [-0.05, 0) is 35.9 Å². The SMILES string of the molecule is N#CC(=Cc1ccc(Oc2ccc([N+](=O)[O-])cn2)cc1)C(=O)NCc1ccco1.